The van der Waals surface area contributed by atoms with E-state index in [9.17, 15) is 9.59 Å². The summed E-state index contributed by atoms with van der Waals surface area (Å²) in [5, 5.41) is 1.28. The van der Waals surface area contributed by atoms with Crippen molar-refractivity contribution in [3.63, 3.8) is 0 Å². The van der Waals surface area contributed by atoms with Crippen molar-refractivity contribution in [3.05, 3.63) is 29.8 Å². The molecule has 0 atom stereocenters. The van der Waals surface area contributed by atoms with E-state index in [-0.39, 0.29) is 5.91 Å². The molecule has 118 valence electrons. The first-order valence-electron chi connectivity index (χ1n) is 7.08. The number of hydrogen-bond donors (Lipinski definition) is 1. The molecule has 0 spiro atoms. The molecule has 0 unspecified atom stereocenters. The summed E-state index contributed by atoms with van der Waals surface area (Å²) in [5.74, 6) is 4.72. The molecular weight excluding hydrogens is 280 g/mol. The fourth-order valence-corrected chi connectivity index (χ4v) is 1.76. The van der Waals surface area contributed by atoms with Crippen LogP contribution in [0.3, 0.4) is 0 Å². The third-order valence-corrected chi connectivity index (χ3v) is 2.80. The Bertz CT molecular complexity index is 606. The maximum atomic E-state index is 12.8. The minimum absolute atomic E-state index is 0.350. The van der Waals surface area contributed by atoms with Gasteiger partial charge < -0.3 is 4.74 Å². The number of hydrazine groups is 1. The summed E-state index contributed by atoms with van der Waals surface area (Å²) >= 11 is 0. The fourth-order valence-electron chi connectivity index (χ4n) is 1.76. The second kappa shape index (κ2) is 7.51. The zero-order chi connectivity index (χ0) is 16.8. The number of carbonyl (C=O) groups excluding carboxylic acids is 2. The molecule has 0 aliphatic heterocycles. The molecule has 0 aliphatic rings. The van der Waals surface area contributed by atoms with E-state index in [0.717, 1.165) is 0 Å². The largest absolute Gasteiger partial charge is 0.496 e. The number of rotatable bonds is 2. The second-order valence-electron chi connectivity index (χ2n) is 5.61. The Morgan fingerprint density at radius 2 is 1.91 bits per heavy atom. The normalized spacial score (nSPS) is 10.2. The van der Waals surface area contributed by atoms with Crippen LogP contribution >= 0.6 is 0 Å². The van der Waals surface area contributed by atoms with Crippen molar-refractivity contribution in [1.82, 2.24) is 10.4 Å². The van der Waals surface area contributed by atoms with Crippen LogP contribution in [0.2, 0.25) is 0 Å². The molecular formula is C17H22N2O3. The molecule has 0 aromatic heterocycles. The maximum absolute atomic E-state index is 12.8. The molecule has 1 N–H and O–H groups in total. The number of benzene rings is 1. The summed E-state index contributed by atoms with van der Waals surface area (Å²) in [5.41, 5.74) is 2.33. The molecule has 0 saturated carbocycles. The Labute approximate surface area is 131 Å². The highest BCUT2D eigenvalue weighted by Gasteiger charge is 2.30. The van der Waals surface area contributed by atoms with Gasteiger partial charge in [-0.2, -0.15) is 0 Å². The predicted octanol–water partition coefficient (Wildman–Crippen LogP) is 2.38. The lowest BCUT2D eigenvalue weighted by atomic mass is 10.1. The minimum Gasteiger partial charge on any atom is -0.496 e. The van der Waals surface area contributed by atoms with Crippen molar-refractivity contribution in [2.45, 2.75) is 39.7 Å². The van der Waals surface area contributed by atoms with Crippen molar-refractivity contribution < 1.29 is 14.3 Å². The van der Waals surface area contributed by atoms with E-state index >= 15 is 0 Å². The van der Waals surface area contributed by atoms with Crippen molar-refractivity contribution in [2.24, 2.45) is 0 Å². The number of amides is 2. The van der Waals surface area contributed by atoms with Crippen LogP contribution in [0.25, 0.3) is 0 Å². The molecule has 0 bridgehead atoms. The lowest BCUT2D eigenvalue weighted by molar-refractivity contribution is -0.121. The summed E-state index contributed by atoms with van der Waals surface area (Å²) in [6, 6.07) is 6.88. The Balaban J connectivity index is 3.12. The van der Waals surface area contributed by atoms with Crippen LogP contribution < -0.4 is 10.2 Å². The summed E-state index contributed by atoms with van der Waals surface area (Å²) in [7, 11) is 1.50. The molecule has 1 rings (SSSR count). The van der Waals surface area contributed by atoms with Gasteiger partial charge in [0.05, 0.1) is 18.2 Å². The Morgan fingerprint density at radius 3 is 2.45 bits per heavy atom. The van der Waals surface area contributed by atoms with Crippen molar-refractivity contribution in [1.29, 1.82) is 0 Å². The van der Waals surface area contributed by atoms with Crippen LogP contribution in [0.15, 0.2) is 24.3 Å². The first-order chi connectivity index (χ1) is 10.3. The van der Waals surface area contributed by atoms with Gasteiger partial charge in [-0.1, -0.05) is 25.0 Å². The number of para-hydroxylation sites is 1. The molecule has 1 aromatic rings. The lowest BCUT2D eigenvalue weighted by Crippen LogP contribution is -2.55. The monoisotopic (exact) mass is 302 g/mol. The zero-order valence-electron chi connectivity index (χ0n) is 13.7. The van der Waals surface area contributed by atoms with Crippen LogP contribution in [0.1, 0.15) is 44.5 Å². The van der Waals surface area contributed by atoms with Gasteiger partial charge in [0.2, 0.25) is 0 Å². The van der Waals surface area contributed by atoms with Crippen molar-refractivity contribution in [2.75, 3.05) is 7.11 Å². The van der Waals surface area contributed by atoms with Crippen LogP contribution in [-0.4, -0.2) is 29.5 Å². The van der Waals surface area contributed by atoms with Gasteiger partial charge in [-0.25, -0.2) is 5.01 Å². The average Bonchev–Trinajstić information content (AvgIpc) is 2.48. The summed E-state index contributed by atoms with van der Waals surface area (Å²) in [4.78, 5) is 24.6. The van der Waals surface area contributed by atoms with Crippen LogP contribution in [0, 0.1) is 11.8 Å². The highest BCUT2D eigenvalue weighted by Crippen LogP contribution is 2.22. The molecule has 0 saturated heterocycles. The van der Waals surface area contributed by atoms with E-state index in [2.05, 4.69) is 17.3 Å². The zero-order valence-corrected chi connectivity index (χ0v) is 13.7. The van der Waals surface area contributed by atoms with E-state index in [1.165, 1.54) is 12.1 Å². The third-order valence-electron chi connectivity index (χ3n) is 2.80. The number of nitrogens with zero attached hydrogens (tertiary/aromatic N) is 1. The van der Waals surface area contributed by atoms with Gasteiger partial charge in [0.25, 0.3) is 5.91 Å². The topological polar surface area (TPSA) is 58.6 Å². The van der Waals surface area contributed by atoms with Crippen molar-refractivity contribution in [3.8, 4) is 17.6 Å². The van der Waals surface area contributed by atoms with Gasteiger partial charge in [0.1, 0.15) is 5.75 Å². The number of ether oxygens (including phenoxy) is 1. The van der Waals surface area contributed by atoms with Gasteiger partial charge in [-0.05, 0) is 38.8 Å². The van der Waals surface area contributed by atoms with Gasteiger partial charge in [0.15, 0.2) is 0 Å². The third kappa shape index (κ3) is 4.52. The number of nitrogens with one attached hydrogen (secondary N) is 1. The predicted molar refractivity (Wildman–Crippen MR) is 85.1 cm³/mol. The van der Waals surface area contributed by atoms with E-state index in [1.54, 1.807) is 24.3 Å². The maximum Gasteiger partial charge on any atom is 0.314 e. The Kier molecular flexibility index (Phi) is 6.00. The van der Waals surface area contributed by atoms with Crippen LogP contribution in [-0.2, 0) is 4.79 Å². The first-order valence-corrected chi connectivity index (χ1v) is 7.08. The second-order valence-corrected chi connectivity index (χ2v) is 5.61. The molecule has 0 fully saturated rings. The standard InChI is InChI=1S/C17H22N2O3/c1-6-7-12-15(20)18-19(17(2,3)4)16(21)13-10-8-9-11-14(13)22-5/h8-11H,6H2,1-5H3,(H,18,20). The average molecular weight is 302 g/mol. The molecule has 0 aliphatic carbocycles. The van der Waals surface area contributed by atoms with Gasteiger partial charge in [-0.15, -0.1) is 0 Å². The molecule has 22 heavy (non-hydrogen) atoms. The van der Waals surface area contributed by atoms with Crippen LogP contribution in [0.5, 0.6) is 5.75 Å². The van der Waals surface area contributed by atoms with E-state index < -0.39 is 11.4 Å². The summed E-state index contributed by atoms with van der Waals surface area (Å²) < 4.78 is 5.21. The SMILES string of the molecule is CCC#CC(=O)NN(C(=O)c1ccccc1OC)C(C)(C)C. The lowest BCUT2D eigenvalue weighted by Gasteiger charge is -2.35. The molecule has 5 heteroatoms. The van der Waals surface area contributed by atoms with Crippen LogP contribution in [0.4, 0.5) is 0 Å². The molecule has 5 nitrogen and oxygen atoms in total. The number of carbonyl (C=O) groups is 2. The van der Waals surface area contributed by atoms with Gasteiger partial charge >= 0.3 is 5.91 Å². The Morgan fingerprint density at radius 1 is 1.27 bits per heavy atom. The van der Waals surface area contributed by atoms with Gasteiger partial charge in [0, 0.05) is 6.42 Å². The molecule has 2 amide bonds. The molecule has 1 aromatic carbocycles. The smallest absolute Gasteiger partial charge is 0.314 e. The van der Waals surface area contributed by atoms with E-state index in [4.69, 9.17) is 4.74 Å². The van der Waals surface area contributed by atoms with Crippen molar-refractivity contribution >= 4 is 11.8 Å². The van der Waals surface area contributed by atoms with E-state index in [0.29, 0.717) is 17.7 Å². The number of hydrogen-bond acceptors (Lipinski definition) is 3. The highest BCUT2D eigenvalue weighted by atomic mass is 16.5. The molecule has 0 heterocycles. The summed E-state index contributed by atoms with van der Waals surface area (Å²) in [6.07, 6.45) is 0.573. The quantitative estimate of drug-likeness (QED) is 0.674. The molecule has 0 radical (unpaired) electrons. The van der Waals surface area contributed by atoms with E-state index in [1.807, 2.05) is 27.7 Å². The highest BCUT2D eigenvalue weighted by molar-refractivity contribution is 6.00. The fraction of sp³-hybridized carbons (Fsp3) is 0.412. The summed E-state index contributed by atoms with van der Waals surface area (Å²) in [6.45, 7) is 7.33. The first kappa shape index (κ1) is 17.6. The Hall–Kier alpha value is -2.48. The minimum atomic E-state index is -0.610. The van der Waals surface area contributed by atoms with Gasteiger partial charge in [-0.3, -0.25) is 15.0 Å². The number of methoxy groups -OCH3 is 1.